The molecule has 0 aromatic carbocycles. The minimum absolute atomic E-state index is 0.819. The summed E-state index contributed by atoms with van der Waals surface area (Å²) in [4.78, 5) is 8.14. The standard InChI is InChI=1S/C15H25N5S/c1-5-19(6-2)7-8-20-11-14(9-17-20)16-10-15-12(3)18-13(4)21-15/h9,11,16H,5-8,10H2,1-4H3. The van der Waals surface area contributed by atoms with Gasteiger partial charge in [0, 0.05) is 17.6 Å². The normalized spacial score (nSPS) is 11.3. The van der Waals surface area contributed by atoms with E-state index < -0.39 is 0 Å². The van der Waals surface area contributed by atoms with Crippen molar-refractivity contribution in [2.45, 2.75) is 40.8 Å². The first kappa shape index (κ1) is 16.0. The number of anilines is 1. The highest BCUT2D eigenvalue weighted by atomic mass is 32.1. The Kier molecular flexibility index (Phi) is 5.76. The average Bonchev–Trinajstić information content (AvgIpc) is 3.04. The molecule has 5 nitrogen and oxygen atoms in total. The zero-order chi connectivity index (χ0) is 15.2. The first-order valence-electron chi connectivity index (χ1n) is 7.54. The van der Waals surface area contributed by atoms with E-state index in [1.54, 1.807) is 11.3 Å². The fraction of sp³-hybridized carbons (Fsp3) is 0.600. The van der Waals surface area contributed by atoms with Gasteiger partial charge in [-0.3, -0.25) is 4.68 Å². The maximum Gasteiger partial charge on any atom is 0.0900 e. The molecule has 0 saturated carbocycles. The molecule has 0 spiro atoms. The summed E-state index contributed by atoms with van der Waals surface area (Å²) in [6.45, 7) is 13.5. The predicted molar refractivity (Wildman–Crippen MR) is 88.9 cm³/mol. The number of likely N-dealkylation sites (N-methyl/N-ethyl adjacent to an activating group) is 1. The summed E-state index contributed by atoms with van der Waals surface area (Å²) in [7, 11) is 0. The van der Waals surface area contributed by atoms with Gasteiger partial charge in [0.25, 0.3) is 0 Å². The molecule has 2 heterocycles. The number of aryl methyl sites for hydroxylation is 2. The fourth-order valence-electron chi connectivity index (χ4n) is 2.28. The van der Waals surface area contributed by atoms with Crippen LogP contribution in [0.2, 0.25) is 0 Å². The van der Waals surface area contributed by atoms with Gasteiger partial charge in [-0.15, -0.1) is 11.3 Å². The molecule has 1 N–H and O–H groups in total. The van der Waals surface area contributed by atoms with Crippen molar-refractivity contribution < 1.29 is 0 Å². The summed E-state index contributed by atoms with van der Waals surface area (Å²) in [6.07, 6.45) is 3.97. The van der Waals surface area contributed by atoms with Crippen molar-refractivity contribution in [1.29, 1.82) is 0 Å². The molecule has 0 bridgehead atoms. The van der Waals surface area contributed by atoms with E-state index in [2.05, 4.69) is 47.3 Å². The van der Waals surface area contributed by atoms with Crippen molar-refractivity contribution in [2.75, 3.05) is 25.0 Å². The number of aromatic nitrogens is 3. The molecule has 2 rings (SSSR count). The summed E-state index contributed by atoms with van der Waals surface area (Å²) in [6, 6.07) is 0. The molecule has 0 saturated heterocycles. The van der Waals surface area contributed by atoms with Gasteiger partial charge in [0.05, 0.1) is 35.7 Å². The number of thiazole rings is 1. The Morgan fingerprint density at radius 1 is 1.29 bits per heavy atom. The Balaban J connectivity index is 1.84. The van der Waals surface area contributed by atoms with E-state index >= 15 is 0 Å². The van der Waals surface area contributed by atoms with Crippen LogP contribution in [-0.4, -0.2) is 39.3 Å². The van der Waals surface area contributed by atoms with Crippen LogP contribution in [0.25, 0.3) is 0 Å². The summed E-state index contributed by atoms with van der Waals surface area (Å²) in [5.41, 5.74) is 2.19. The molecular weight excluding hydrogens is 282 g/mol. The third-order valence-electron chi connectivity index (χ3n) is 3.63. The van der Waals surface area contributed by atoms with Crippen molar-refractivity contribution in [3.63, 3.8) is 0 Å². The minimum Gasteiger partial charge on any atom is -0.378 e. The van der Waals surface area contributed by atoms with Gasteiger partial charge in [0.2, 0.25) is 0 Å². The van der Waals surface area contributed by atoms with Gasteiger partial charge < -0.3 is 10.2 Å². The summed E-state index contributed by atoms with van der Waals surface area (Å²) >= 11 is 1.75. The van der Waals surface area contributed by atoms with E-state index in [4.69, 9.17) is 0 Å². The molecule has 6 heteroatoms. The Labute approximate surface area is 131 Å². The Bertz CT molecular complexity index is 556. The van der Waals surface area contributed by atoms with Crippen LogP contribution in [0.1, 0.15) is 29.4 Å². The SMILES string of the molecule is CCN(CC)CCn1cc(NCc2sc(C)nc2C)cn1. The lowest BCUT2D eigenvalue weighted by molar-refractivity contribution is 0.285. The Morgan fingerprint density at radius 2 is 2.05 bits per heavy atom. The van der Waals surface area contributed by atoms with Gasteiger partial charge in [0.15, 0.2) is 0 Å². The highest BCUT2D eigenvalue weighted by molar-refractivity contribution is 7.11. The molecule has 2 aromatic rings. The topological polar surface area (TPSA) is 46.0 Å². The van der Waals surface area contributed by atoms with Crippen LogP contribution in [-0.2, 0) is 13.1 Å². The highest BCUT2D eigenvalue weighted by Crippen LogP contribution is 2.18. The lowest BCUT2D eigenvalue weighted by atomic mass is 10.4. The Morgan fingerprint density at radius 3 is 2.67 bits per heavy atom. The lowest BCUT2D eigenvalue weighted by Gasteiger charge is -2.17. The zero-order valence-corrected chi connectivity index (χ0v) is 14.2. The van der Waals surface area contributed by atoms with Crippen LogP contribution in [0.15, 0.2) is 12.4 Å². The second kappa shape index (κ2) is 7.56. The molecule has 0 radical (unpaired) electrons. The molecule has 2 aromatic heterocycles. The summed E-state index contributed by atoms with van der Waals surface area (Å²) in [5, 5.41) is 8.96. The van der Waals surface area contributed by atoms with E-state index in [0.29, 0.717) is 0 Å². The highest BCUT2D eigenvalue weighted by Gasteiger charge is 2.06. The van der Waals surface area contributed by atoms with Crippen LogP contribution in [0.5, 0.6) is 0 Å². The average molecular weight is 307 g/mol. The largest absolute Gasteiger partial charge is 0.378 e. The number of rotatable bonds is 8. The van der Waals surface area contributed by atoms with Gasteiger partial charge in [-0.05, 0) is 26.9 Å². The zero-order valence-electron chi connectivity index (χ0n) is 13.4. The molecule has 21 heavy (non-hydrogen) atoms. The van der Waals surface area contributed by atoms with E-state index in [1.807, 2.05) is 17.8 Å². The van der Waals surface area contributed by atoms with Crippen molar-refractivity contribution >= 4 is 17.0 Å². The van der Waals surface area contributed by atoms with E-state index in [0.717, 1.165) is 49.1 Å². The summed E-state index contributed by atoms with van der Waals surface area (Å²) in [5.74, 6) is 0. The van der Waals surface area contributed by atoms with Crippen LogP contribution in [0.4, 0.5) is 5.69 Å². The van der Waals surface area contributed by atoms with E-state index in [9.17, 15) is 0 Å². The van der Waals surface area contributed by atoms with Gasteiger partial charge in [-0.25, -0.2) is 4.98 Å². The second-order valence-electron chi connectivity index (χ2n) is 5.11. The number of hydrogen-bond donors (Lipinski definition) is 1. The second-order valence-corrected chi connectivity index (χ2v) is 6.40. The van der Waals surface area contributed by atoms with Gasteiger partial charge in [-0.2, -0.15) is 5.10 Å². The smallest absolute Gasteiger partial charge is 0.0900 e. The van der Waals surface area contributed by atoms with Crippen LogP contribution in [0, 0.1) is 13.8 Å². The lowest BCUT2D eigenvalue weighted by Crippen LogP contribution is -2.27. The third-order valence-corrected chi connectivity index (χ3v) is 4.70. The molecule has 0 fully saturated rings. The van der Waals surface area contributed by atoms with Crippen LogP contribution in [0.3, 0.4) is 0 Å². The molecule has 0 unspecified atom stereocenters. The number of nitrogens with one attached hydrogen (secondary N) is 1. The molecule has 116 valence electrons. The van der Waals surface area contributed by atoms with Crippen LogP contribution < -0.4 is 5.32 Å². The van der Waals surface area contributed by atoms with E-state index in [1.165, 1.54) is 4.88 Å². The molecule has 0 aliphatic heterocycles. The van der Waals surface area contributed by atoms with Gasteiger partial charge in [-0.1, -0.05) is 13.8 Å². The van der Waals surface area contributed by atoms with Gasteiger partial charge >= 0.3 is 0 Å². The van der Waals surface area contributed by atoms with Crippen LogP contribution >= 0.6 is 11.3 Å². The van der Waals surface area contributed by atoms with Crippen molar-refractivity contribution in [3.05, 3.63) is 28.0 Å². The van der Waals surface area contributed by atoms with Gasteiger partial charge in [0.1, 0.15) is 0 Å². The fourth-order valence-corrected chi connectivity index (χ4v) is 3.16. The maximum absolute atomic E-state index is 4.45. The molecule has 0 amide bonds. The Hall–Kier alpha value is -1.40. The minimum atomic E-state index is 0.819. The van der Waals surface area contributed by atoms with Crippen molar-refractivity contribution in [3.8, 4) is 0 Å². The first-order chi connectivity index (χ1) is 10.1. The summed E-state index contributed by atoms with van der Waals surface area (Å²) < 4.78 is 2.01. The first-order valence-corrected chi connectivity index (χ1v) is 8.35. The van der Waals surface area contributed by atoms with Crippen molar-refractivity contribution in [1.82, 2.24) is 19.7 Å². The molecule has 0 aliphatic carbocycles. The maximum atomic E-state index is 4.45. The number of nitrogens with zero attached hydrogens (tertiary/aromatic N) is 4. The molecular formula is C15H25N5S. The monoisotopic (exact) mass is 307 g/mol. The van der Waals surface area contributed by atoms with Crippen molar-refractivity contribution in [2.24, 2.45) is 0 Å². The van der Waals surface area contributed by atoms with E-state index in [-0.39, 0.29) is 0 Å². The molecule has 0 atom stereocenters. The molecule has 0 aliphatic rings. The quantitative estimate of drug-likeness (QED) is 0.814. The predicted octanol–water partition coefficient (Wildman–Crippen LogP) is 2.91. The number of hydrogen-bond acceptors (Lipinski definition) is 5. The third kappa shape index (κ3) is 4.54.